The van der Waals surface area contributed by atoms with Crippen molar-refractivity contribution in [2.45, 2.75) is 6.54 Å². The average Bonchev–Trinajstić information content (AvgIpc) is 3.46. The SMILES string of the molecule is COc1cc(CNC(=O)c2c(-c3ccc(-c4cnc[nH]4)cc3)c3ccccc3oc2=O)cc(OC)c1. The third-order valence-electron chi connectivity index (χ3n) is 5.89. The molecule has 0 unspecified atom stereocenters. The summed E-state index contributed by atoms with van der Waals surface area (Å²) >= 11 is 0. The van der Waals surface area contributed by atoms with E-state index >= 15 is 0 Å². The first-order chi connectivity index (χ1) is 17.6. The first-order valence-electron chi connectivity index (χ1n) is 11.2. The van der Waals surface area contributed by atoms with Crippen LogP contribution in [0.25, 0.3) is 33.4 Å². The van der Waals surface area contributed by atoms with Gasteiger partial charge in [0.2, 0.25) is 0 Å². The van der Waals surface area contributed by atoms with Gasteiger partial charge in [0, 0.05) is 23.6 Å². The van der Waals surface area contributed by atoms with Crippen LogP contribution in [0.15, 0.2) is 88.5 Å². The maximum atomic E-state index is 13.4. The molecule has 2 N–H and O–H groups in total. The Kier molecular flexibility index (Phi) is 6.23. The lowest BCUT2D eigenvalue weighted by Crippen LogP contribution is -2.29. The van der Waals surface area contributed by atoms with Gasteiger partial charge in [0.15, 0.2) is 0 Å². The molecule has 0 aliphatic heterocycles. The number of aromatic nitrogens is 2. The van der Waals surface area contributed by atoms with Gasteiger partial charge in [-0.05, 0) is 34.9 Å². The molecule has 0 fully saturated rings. The van der Waals surface area contributed by atoms with Crippen molar-refractivity contribution in [2.24, 2.45) is 0 Å². The molecule has 0 spiro atoms. The van der Waals surface area contributed by atoms with Gasteiger partial charge in [0.25, 0.3) is 5.91 Å². The van der Waals surface area contributed by atoms with Crippen LogP contribution < -0.4 is 20.4 Å². The fraction of sp³-hybridized carbons (Fsp3) is 0.107. The minimum absolute atomic E-state index is 0.0575. The van der Waals surface area contributed by atoms with Crippen molar-refractivity contribution in [1.82, 2.24) is 15.3 Å². The predicted molar refractivity (Wildman–Crippen MR) is 136 cm³/mol. The number of rotatable bonds is 7. The largest absolute Gasteiger partial charge is 0.497 e. The molecule has 0 aliphatic carbocycles. The number of amides is 1. The maximum Gasteiger partial charge on any atom is 0.349 e. The molecule has 0 atom stereocenters. The minimum Gasteiger partial charge on any atom is -0.497 e. The van der Waals surface area contributed by atoms with E-state index in [1.807, 2.05) is 36.4 Å². The molecule has 8 heteroatoms. The van der Waals surface area contributed by atoms with E-state index in [0.717, 1.165) is 22.4 Å². The topological polar surface area (TPSA) is 106 Å². The number of hydrogen-bond acceptors (Lipinski definition) is 6. The van der Waals surface area contributed by atoms with Gasteiger partial charge in [-0.15, -0.1) is 0 Å². The molecule has 0 radical (unpaired) electrons. The number of fused-ring (bicyclic) bond motifs is 1. The number of hydrogen-bond donors (Lipinski definition) is 2. The van der Waals surface area contributed by atoms with Crippen molar-refractivity contribution in [2.75, 3.05) is 14.2 Å². The summed E-state index contributed by atoms with van der Waals surface area (Å²) in [6.07, 6.45) is 3.34. The Morgan fingerprint density at radius 2 is 1.67 bits per heavy atom. The molecule has 3 aromatic carbocycles. The highest BCUT2D eigenvalue weighted by atomic mass is 16.5. The summed E-state index contributed by atoms with van der Waals surface area (Å²) in [5.41, 5.74) is 3.43. The molecule has 1 amide bonds. The number of nitrogens with one attached hydrogen (secondary N) is 2. The molecule has 0 saturated heterocycles. The summed E-state index contributed by atoms with van der Waals surface area (Å²) in [6, 6.07) is 20.1. The van der Waals surface area contributed by atoms with E-state index in [2.05, 4.69) is 15.3 Å². The zero-order chi connectivity index (χ0) is 25.1. The summed E-state index contributed by atoms with van der Waals surface area (Å²) in [5, 5.41) is 3.51. The molecule has 0 aliphatic rings. The van der Waals surface area contributed by atoms with Crippen LogP contribution in [0, 0.1) is 0 Å². The highest BCUT2D eigenvalue weighted by Crippen LogP contribution is 2.32. The second-order valence-corrected chi connectivity index (χ2v) is 8.08. The summed E-state index contributed by atoms with van der Waals surface area (Å²) in [4.78, 5) is 33.6. The van der Waals surface area contributed by atoms with Gasteiger partial charge in [0.1, 0.15) is 22.6 Å². The van der Waals surface area contributed by atoms with Gasteiger partial charge in [-0.1, -0.05) is 42.5 Å². The molecule has 8 nitrogen and oxygen atoms in total. The summed E-state index contributed by atoms with van der Waals surface area (Å²) in [5.74, 6) is 0.660. The first-order valence-corrected chi connectivity index (χ1v) is 11.2. The average molecular weight is 482 g/mol. The Labute approximate surface area is 206 Å². The van der Waals surface area contributed by atoms with Gasteiger partial charge in [-0.2, -0.15) is 0 Å². The number of para-hydroxylation sites is 1. The Morgan fingerprint density at radius 3 is 2.33 bits per heavy atom. The van der Waals surface area contributed by atoms with Crippen LogP contribution in [0.4, 0.5) is 0 Å². The summed E-state index contributed by atoms with van der Waals surface area (Å²) in [7, 11) is 3.11. The number of carbonyl (C=O) groups is 1. The van der Waals surface area contributed by atoms with Crippen LogP contribution in [-0.4, -0.2) is 30.1 Å². The van der Waals surface area contributed by atoms with E-state index in [-0.39, 0.29) is 12.1 Å². The molecule has 2 aromatic heterocycles. The lowest BCUT2D eigenvalue weighted by atomic mass is 9.95. The summed E-state index contributed by atoms with van der Waals surface area (Å²) in [6.45, 7) is 0.164. The van der Waals surface area contributed by atoms with Crippen molar-refractivity contribution in [3.63, 3.8) is 0 Å². The first kappa shape index (κ1) is 22.9. The summed E-state index contributed by atoms with van der Waals surface area (Å²) < 4.78 is 16.1. The van der Waals surface area contributed by atoms with Crippen molar-refractivity contribution in [1.29, 1.82) is 0 Å². The van der Waals surface area contributed by atoms with Gasteiger partial charge >= 0.3 is 5.63 Å². The normalized spacial score (nSPS) is 10.8. The molecule has 2 heterocycles. The third kappa shape index (κ3) is 4.44. The second-order valence-electron chi connectivity index (χ2n) is 8.08. The number of ether oxygens (including phenoxy) is 2. The Hall–Kier alpha value is -4.85. The maximum absolute atomic E-state index is 13.4. The van der Waals surface area contributed by atoms with Gasteiger partial charge in [-0.25, -0.2) is 9.78 Å². The fourth-order valence-electron chi connectivity index (χ4n) is 4.13. The molecule has 180 valence electrons. The Balaban J connectivity index is 1.55. The van der Waals surface area contributed by atoms with Crippen LogP contribution in [0.1, 0.15) is 15.9 Å². The molecule has 0 bridgehead atoms. The lowest BCUT2D eigenvalue weighted by Gasteiger charge is -2.13. The van der Waals surface area contributed by atoms with Crippen molar-refractivity contribution in [3.05, 3.63) is 101 Å². The van der Waals surface area contributed by atoms with E-state index in [4.69, 9.17) is 13.9 Å². The standard InChI is InChI=1S/C28H23N3O5/c1-34-20-11-17(12-21(13-20)35-2)14-30-27(32)26-25(22-5-3-4-6-24(22)36-28(26)33)19-9-7-18(8-10-19)23-15-29-16-31-23/h3-13,15-16H,14H2,1-2H3,(H,29,31)(H,30,32). The third-order valence-corrected chi connectivity index (χ3v) is 5.89. The predicted octanol–water partition coefficient (Wildman–Crippen LogP) is 4.80. The van der Waals surface area contributed by atoms with Crippen LogP contribution in [0.5, 0.6) is 11.5 Å². The zero-order valence-corrected chi connectivity index (χ0v) is 19.7. The number of H-pyrrole nitrogens is 1. The van der Waals surface area contributed by atoms with Crippen molar-refractivity contribution in [3.8, 4) is 33.9 Å². The quantitative estimate of drug-likeness (QED) is 0.324. The van der Waals surface area contributed by atoms with E-state index in [9.17, 15) is 9.59 Å². The molecular formula is C28H23N3O5. The molecule has 36 heavy (non-hydrogen) atoms. The number of imidazole rings is 1. The molecule has 5 aromatic rings. The molecular weight excluding hydrogens is 458 g/mol. The molecule has 0 saturated carbocycles. The van der Waals surface area contributed by atoms with E-state index < -0.39 is 11.5 Å². The Bertz CT molecular complexity index is 1570. The number of methoxy groups -OCH3 is 2. The Morgan fingerprint density at radius 1 is 0.972 bits per heavy atom. The zero-order valence-electron chi connectivity index (χ0n) is 19.7. The van der Waals surface area contributed by atoms with Crippen molar-refractivity contribution < 1.29 is 18.7 Å². The minimum atomic E-state index is -0.706. The molecule has 5 rings (SSSR count). The van der Waals surface area contributed by atoms with E-state index in [0.29, 0.717) is 28.0 Å². The van der Waals surface area contributed by atoms with Gasteiger partial charge < -0.3 is 24.2 Å². The fourth-order valence-corrected chi connectivity index (χ4v) is 4.13. The van der Waals surface area contributed by atoms with E-state index in [1.165, 1.54) is 0 Å². The van der Waals surface area contributed by atoms with E-state index in [1.54, 1.807) is 57.1 Å². The van der Waals surface area contributed by atoms with Crippen LogP contribution in [0.2, 0.25) is 0 Å². The highest BCUT2D eigenvalue weighted by Gasteiger charge is 2.22. The van der Waals surface area contributed by atoms with Crippen molar-refractivity contribution >= 4 is 16.9 Å². The van der Waals surface area contributed by atoms with Gasteiger partial charge in [0.05, 0.1) is 32.4 Å². The monoisotopic (exact) mass is 481 g/mol. The lowest BCUT2D eigenvalue weighted by molar-refractivity contribution is 0.0948. The number of benzene rings is 3. The van der Waals surface area contributed by atoms with Crippen LogP contribution in [0.3, 0.4) is 0 Å². The highest BCUT2D eigenvalue weighted by molar-refractivity contribution is 6.08. The second kappa shape index (κ2) is 9.79. The number of nitrogens with zero attached hydrogens (tertiary/aromatic N) is 1. The van der Waals surface area contributed by atoms with Crippen LogP contribution in [-0.2, 0) is 6.54 Å². The van der Waals surface area contributed by atoms with Crippen LogP contribution >= 0.6 is 0 Å². The smallest absolute Gasteiger partial charge is 0.349 e. The van der Waals surface area contributed by atoms with Gasteiger partial charge in [-0.3, -0.25) is 4.79 Å². The number of aromatic amines is 1. The number of carbonyl (C=O) groups excluding carboxylic acids is 1.